The lowest BCUT2D eigenvalue weighted by molar-refractivity contribution is 0.206. The number of benzene rings is 2. The van der Waals surface area contributed by atoms with E-state index in [1.54, 1.807) is 48.5 Å². The summed E-state index contributed by atoms with van der Waals surface area (Å²) in [5, 5.41) is 0. The second-order valence-electron chi connectivity index (χ2n) is 5.01. The van der Waals surface area contributed by atoms with Gasteiger partial charge >= 0.3 is 7.82 Å². The topological polar surface area (TPSA) is 44.8 Å². The third kappa shape index (κ3) is 6.78. The molecule has 0 amide bonds. The van der Waals surface area contributed by atoms with Gasteiger partial charge in [-0.1, -0.05) is 59.3 Å². The highest BCUT2D eigenvalue weighted by Gasteiger charge is 2.30. The summed E-state index contributed by atoms with van der Waals surface area (Å²) in [5.74, 6) is 0.890. The van der Waals surface area contributed by atoms with E-state index in [1.165, 1.54) is 0 Å². The van der Waals surface area contributed by atoms with Crippen molar-refractivity contribution in [3.8, 4) is 11.5 Å². The SMILES string of the molecule is CC(Br)CCCOP(=O)(Oc1ccccc1)Oc1ccccc1. The molecule has 1 unspecified atom stereocenters. The van der Waals surface area contributed by atoms with Gasteiger partial charge in [-0.15, -0.1) is 0 Å². The molecule has 0 heterocycles. The zero-order valence-electron chi connectivity index (χ0n) is 12.9. The van der Waals surface area contributed by atoms with Crippen molar-refractivity contribution in [2.45, 2.75) is 24.6 Å². The molecule has 0 aromatic heterocycles. The lowest BCUT2D eigenvalue weighted by Crippen LogP contribution is -2.07. The summed E-state index contributed by atoms with van der Waals surface area (Å²) >= 11 is 3.48. The fourth-order valence-corrected chi connectivity index (χ4v) is 3.41. The predicted octanol–water partition coefficient (Wildman–Crippen LogP) is 5.83. The Hall–Kier alpha value is -1.29. The summed E-state index contributed by atoms with van der Waals surface area (Å²) in [6.07, 6.45) is 1.67. The van der Waals surface area contributed by atoms with Crippen LogP contribution in [0.3, 0.4) is 0 Å². The second-order valence-corrected chi connectivity index (χ2v) is 8.09. The maximum atomic E-state index is 12.9. The number of phosphoric acid groups is 1. The minimum Gasteiger partial charge on any atom is -0.395 e. The van der Waals surface area contributed by atoms with Crippen LogP contribution >= 0.6 is 23.8 Å². The standard InChI is InChI=1S/C17H20BrO4P/c1-15(18)9-8-14-20-23(19,21-16-10-4-2-5-11-16)22-17-12-6-3-7-13-17/h2-7,10-13,15H,8-9,14H2,1H3. The summed E-state index contributed by atoms with van der Waals surface area (Å²) in [5.41, 5.74) is 0. The minimum atomic E-state index is -3.74. The first-order valence-electron chi connectivity index (χ1n) is 7.45. The van der Waals surface area contributed by atoms with Crippen molar-refractivity contribution in [1.82, 2.24) is 0 Å². The first kappa shape index (κ1) is 18.1. The van der Waals surface area contributed by atoms with E-state index in [0.717, 1.165) is 12.8 Å². The van der Waals surface area contributed by atoms with Gasteiger partial charge < -0.3 is 9.05 Å². The molecule has 0 spiro atoms. The monoisotopic (exact) mass is 398 g/mol. The number of phosphoric ester groups is 1. The first-order valence-corrected chi connectivity index (χ1v) is 9.83. The van der Waals surface area contributed by atoms with Gasteiger partial charge in [0.1, 0.15) is 11.5 Å². The molecule has 4 nitrogen and oxygen atoms in total. The number of hydrogen-bond acceptors (Lipinski definition) is 4. The van der Waals surface area contributed by atoms with Crippen molar-refractivity contribution in [1.29, 1.82) is 0 Å². The Bertz CT molecular complexity index is 574. The van der Waals surface area contributed by atoms with Crippen LogP contribution in [0.4, 0.5) is 0 Å². The van der Waals surface area contributed by atoms with Gasteiger partial charge in [-0.2, -0.15) is 0 Å². The molecule has 0 aliphatic carbocycles. The van der Waals surface area contributed by atoms with Crippen molar-refractivity contribution < 1.29 is 18.1 Å². The molecule has 0 N–H and O–H groups in total. The summed E-state index contributed by atoms with van der Waals surface area (Å²) < 4.78 is 29.4. The van der Waals surface area contributed by atoms with E-state index in [2.05, 4.69) is 22.9 Å². The van der Waals surface area contributed by atoms with Gasteiger partial charge in [-0.3, -0.25) is 4.52 Å². The Morgan fingerprint density at radius 1 is 0.957 bits per heavy atom. The van der Waals surface area contributed by atoms with Crippen LogP contribution < -0.4 is 9.05 Å². The van der Waals surface area contributed by atoms with E-state index in [0.29, 0.717) is 22.9 Å². The molecule has 0 radical (unpaired) electrons. The zero-order valence-corrected chi connectivity index (χ0v) is 15.4. The van der Waals surface area contributed by atoms with Gasteiger partial charge in [-0.25, -0.2) is 4.57 Å². The van der Waals surface area contributed by atoms with Crippen LogP contribution in [0.5, 0.6) is 11.5 Å². The lowest BCUT2D eigenvalue weighted by Gasteiger charge is -2.19. The lowest BCUT2D eigenvalue weighted by atomic mass is 10.3. The van der Waals surface area contributed by atoms with E-state index < -0.39 is 7.82 Å². The van der Waals surface area contributed by atoms with E-state index in [4.69, 9.17) is 13.6 Å². The molecular weight excluding hydrogens is 379 g/mol. The third-order valence-electron chi connectivity index (χ3n) is 2.92. The van der Waals surface area contributed by atoms with Gasteiger partial charge in [0, 0.05) is 4.83 Å². The normalized spacial score (nSPS) is 12.6. The average molecular weight is 399 g/mol. The van der Waals surface area contributed by atoms with Crippen LogP contribution in [0.15, 0.2) is 60.7 Å². The maximum Gasteiger partial charge on any atom is 0.587 e. The van der Waals surface area contributed by atoms with Crippen LogP contribution in [0.25, 0.3) is 0 Å². The van der Waals surface area contributed by atoms with Gasteiger partial charge in [-0.05, 0) is 37.1 Å². The molecular formula is C17H20BrO4P. The van der Waals surface area contributed by atoms with Gasteiger partial charge in [0.25, 0.3) is 0 Å². The number of alkyl halides is 1. The highest BCUT2D eigenvalue weighted by atomic mass is 79.9. The van der Waals surface area contributed by atoms with Crippen molar-refractivity contribution in [3.05, 3.63) is 60.7 Å². The summed E-state index contributed by atoms with van der Waals surface area (Å²) in [6.45, 7) is 2.35. The molecule has 0 aliphatic rings. The van der Waals surface area contributed by atoms with Crippen LogP contribution in [-0.4, -0.2) is 11.4 Å². The van der Waals surface area contributed by atoms with E-state index >= 15 is 0 Å². The maximum absolute atomic E-state index is 12.9. The molecule has 0 bridgehead atoms. The number of halogens is 1. The molecule has 2 aromatic rings. The molecule has 6 heteroatoms. The van der Waals surface area contributed by atoms with E-state index in [-0.39, 0.29) is 0 Å². The largest absolute Gasteiger partial charge is 0.587 e. The highest BCUT2D eigenvalue weighted by Crippen LogP contribution is 2.49. The third-order valence-corrected chi connectivity index (χ3v) is 4.74. The zero-order chi connectivity index (χ0) is 16.5. The van der Waals surface area contributed by atoms with Gasteiger partial charge in [0.15, 0.2) is 0 Å². The molecule has 1 atom stereocenters. The Labute approximate surface area is 145 Å². The molecule has 124 valence electrons. The van der Waals surface area contributed by atoms with E-state index in [9.17, 15) is 4.57 Å². The van der Waals surface area contributed by atoms with E-state index in [1.807, 2.05) is 12.1 Å². The number of para-hydroxylation sites is 2. The Kier molecular flexibility index (Phi) is 7.15. The molecule has 0 saturated heterocycles. The fraction of sp³-hybridized carbons (Fsp3) is 0.294. The summed E-state index contributed by atoms with van der Waals surface area (Å²) in [7, 11) is -3.74. The Balaban J connectivity index is 2.05. The Morgan fingerprint density at radius 2 is 1.43 bits per heavy atom. The van der Waals surface area contributed by atoms with Crippen molar-refractivity contribution >= 4 is 23.8 Å². The molecule has 0 fully saturated rings. The number of hydrogen-bond donors (Lipinski definition) is 0. The quantitative estimate of drug-likeness (QED) is 0.302. The van der Waals surface area contributed by atoms with Crippen molar-refractivity contribution in [3.63, 3.8) is 0 Å². The predicted molar refractivity (Wildman–Crippen MR) is 95.3 cm³/mol. The van der Waals surface area contributed by atoms with Gasteiger partial charge in [0.05, 0.1) is 6.61 Å². The Morgan fingerprint density at radius 3 is 1.87 bits per heavy atom. The smallest absolute Gasteiger partial charge is 0.395 e. The summed E-state index contributed by atoms with van der Waals surface area (Å²) in [6, 6.07) is 17.8. The number of rotatable bonds is 9. The van der Waals surface area contributed by atoms with Crippen LogP contribution in [0.2, 0.25) is 0 Å². The van der Waals surface area contributed by atoms with Crippen molar-refractivity contribution in [2.75, 3.05) is 6.61 Å². The molecule has 23 heavy (non-hydrogen) atoms. The first-order chi connectivity index (χ1) is 11.1. The van der Waals surface area contributed by atoms with Crippen molar-refractivity contribution in [2.24, 2.45) is 0 Å². The minimum absolute atomic E-state index is 0.298. The molecule has 2 aromatic carbocycles. The van der Waals surface area contributed by atoms with Crippen LogP contribution in [0, 0.1) is 0 Å². The fourth-order valence-electron chi connectivity index (χ4n) is 1.83. The van der Waals surface area contributed by atoms with Crippen LogP contribution in [0.1, 0.15) is 19.8 Å². The summed E-state index contributed by atoms with van der Waals surface area (Å²) in [4.78, 5) is 0.385. The molecule has 2 rings (SSSR count). The van der Waals surface area contributed by atoms with Crippen LogP contribution in [-0.2, 0) is 9.09 Å². The van der Waals surface area contributed by atoms with Gasteiger partial charge in [0.2, 0.25) is 0 Å². The molecule has 0 saturated carbocycles. The second kappa shape index (κ2) is 9.11. The molecule has 0 aliphatic heterocycles. The highest BCUT2D eigenvalue weighted by molar-refractivity contribution is 9.09. The average Bonchev–Trinajstić information content (AvgIpc) is 2.53.